The van der Waals surface area contributed by atoms with Crippen LogP contribution < -0.4 is 0 Å². The Bertz CT molecular complexity index is 922. The average molecular weight is 485 g/mol. The van der Waals surface area contributed by atoms with E-state index in [9.17, 15) is 9.59 Å². The van der Waals surface area contributed by atoms with Crippen LogP contribution in [0.3, 0.4) is 0 Å². The Morgan fingerprint density at radius 2 is 1.40 bits per heavy atom. The van der Waals surface area contributed by atoms with E-state index in [2.05, 4.69) is 55.4 Å². The predicted molar refractivity (Wildman–Crippen MR) is 141 cm³/mol. The van der Waals surface area contributed by atoms with Gasteiger partial charge in [0, 0.05) is 24.7 Å². The molecule has 0 aromatic rings. The summed E-state index contributed by atoms with van der Waals surface area (Å²) in [6.07, 6.45) is 11.4. The normalized spacial score (nSPS) is 55.1. The third-order valence-electron chi connectivity index (χ3n) is 14.1. The maximum atomic E-state index is 12.8. The highest BCUT2D eigenvalue weighted by Crippen LogP contribution is 2.78. The van der Waals surface area contributed by atoms with Crippen LogP contribution in [-0.2, 0) is 14.3 Å². The minimum absolute atomic E-state index is 0.0155. The Kier molecular flexibility index (Phi) is 5.59. The van der Waals surface area contributed by atoms with E-state index >= 15 is 0 Å². The van der Waals surface area contributed by atoms with Gasteiger partial charge in [-0.25, -0.2) is 0 Å². The number of esters is 1. The Morgan fingerprint density at radius 1 is 0.743 bits per heavy atom. The molecule has 5 aliphatic rings. The second-order valence-corrected chi connectivity index (χ2v) is 15.9. The van der Waals surface area contributed by atoms with E-state index in [0.717, 1.165) is 25.7 Å². The minimum Gasteiger partial charge on any atom is -0.462 e. The summed E-state index contributed by atoms with van der Waals surface area (Å²) < 4.78 is 6.28. The fraction of sp³-hybridized carbons (Fsp3) is 0.938. The Labute approximate surface area is 214 Å². The number of carbonyl (C=O) groups excluding carboxylic acids is 2. The largest absolute Gasteiger partial charge is 0.462 e. The van der Waals surface area contributed by atoms with Gasteiger partial charge in [-0.2, -0.15) is 0 Å². The molecule has 0 saturated heterocycles. The van der Waals surface area contributed by atoms with Crippen LogP contribution in [-0.4, -0.2) is 17.9 Å². The summed E-state index contributed by atoms with van der Waals surface area (Å²) in [5.41, 5.74) is 1.20. The molecule has 3 heteroatoms. The van der Waals surface area contributed by atoms with Gasteiger partial charge in [-0.1, -0.05) is 55.4 Å². The number of rotatable bonds is 1. The summed E-state index contributed by atoms with van der Waals surface area (Å²) in [5.74, 6) is 2.38. The van der Waals surface area contributed by atoms with Crippen LogP contribution in [0.15, 0.2) is 0 Å². The Balaban J connectivity index is 1.60. The number of carbonyl (C=O) groups is 2. The molecule has 198 valence electrons. The number of Topliss-reactive ketones (excluding diaryl/α,β-unsaturated/α-hetero) is 1. The monoisotopic (exact) mass is 484 g/mol. The van der Waals surface area contributed by atoms with Crippen LogP contribution >= 0.6 is 0 Å². The first-order chi connectivity index (χ1) is 16.0. The van der Waals surface area contributed by atoms with Gasteiger partial charge in [-0.3, -0.25) is 9.59 Å². The molecule has 0 aliphatic heterocycles. The molecule has 10 atom stereocenters. The van der Waals surface area contributed by atoms with Crippen molar-refractivity contribution in [3.63, 3.8) is 0 Å². The molecule has 35 heavy (non-hydrogen) atoms. The van der Waals surface area contributed by atoms with Crippen molar-refractivity contribution < 1.29 is 14.3 Å². The topological polar surface area (TPSA) is 43.4 Å². The van der Waals surface area contributed by atoms with Crippen molar-refractivity contribution in [2.45, 2.75) is 133 Å². The maximum absolute atomic E-state index is 12.8. The molecule has 0 heterocycles. The van der Waals surface area contributed by atoms with E-state index in [4.69, 9.17) is 4.74 Å². The molecular weight excluding hydrogens is 432 g/mol. The van der Waals surface area contributed by atoms with E-state index in [1.54, 1.807) is 6.92 Å². The minimum atomic E-state index is -0.110. The van der Waals surface area contributed by atoms with Gasteiger partial charge in [-0.05, 0) is 103 Å². The van der Waals surface area contributed by atoms with Gasteiger partial charge in [0.15, 0.2) is 0 Å². The lowest BCUT2D eigenvalue weighted by atomic mass is 9.29. The van der Waals surface area contributed by atoms with Crippen molar-refractivity contribution in [3.05, 3.63) is 0 Å². The van der Waals surface area contributed by atoms with E-state index < -0.39 is 0 Å². The fourth-order valence-corrected chi connectivity index (χ4v) is 11.6. The zero-order valence-electron chi connectivity index (χ0n) is 24.2. The van der Waals surface area contributed by atoms with Crippen molar-refractivity contribution in [2.24, 2.45) is 56.2 Å². The maximum Gasteiger partial charge on any atom is 0.302 e. The number of hydrogen-bond acceptors (Lipinski definition) is 3. The molecule has 3 nitrogen and oxygen atoms in total. The Hall–Kier alpha value is -0.860. The summed E-state index contributed by atoms with van der Waals surface area (Å²) in [7, 11) is 0. The zero-order valence-corrected chi connectivity index (χ0v) is 24.2. The second-order valence-electron chi connectivity index (χ2n) is 15.9. The number of fused-ring (bicyclic) bond motifs is 7. The van der Waals surface area contributed by atoms with Gasteiger partial charge in [-0.15, -0.1) is 0 Å². The lowest BCUT2D eigenvalue weighted by molar-refractivity contribution is -0.282. The molecule has 10 unspecified atom stereocenters. The first kappa shape index (κ1) is 25.8. The molecule has 5 fully saturated rings. The first-order valence-corrected chi connectivity index (χ1v) is 14.7. The molecule has 0 radical (unpaired) electrons. The van der Waals surface area contributed by atoms with Crippen molar-refractivity contribution in [1.29, 1.82) is 0 Å². The van der Waals surface area contributed by atoms with Crippen LogP contribution in [0.25, 0.3) is 0 Å². The average Bonchev–Trinajstić information content (AvgIpc) is 2.75. The first-order valence-electron chi connectivity index (χ1n) is 14.7. The molecule has 0 aromatic heterocycles. The summed E-state index contributed by atoms with van der Waals surface area (Å²) in [6.45, 7) is 21.5. The third-order valence-corrected chi connectivity index (χ3v) is 14.1. The highest BCUT2D eigenvalue weighted by molar-refractivity contribution is 5.82. The summed E-state index contributed by atoms with van der Waals surface area (Å²) in [5, 5.41) is 0. The highest BCUT2D eigenvalue weighted by Gasteiger charge is 2.73. The fourth-order valence-electron chi connectivity index (χ4n) is 11.6. The number of ether oxygens (including phenoxy) is 1. The number of hydrogen-bond donors (Lipinski definition) is 0. The van der Waals surface area contributed by atoms with Crippen LogP contribution in [0, 0.1) is 56.2 Å². The van der Waals surface area contributed by atoms with E-state index in [0.29, 0.717) is 29.0 Å². The van der Waals surface area contributed by atoms with E-state index in [1.807, 2.05) is 0 Å². The molecule has 0 spiro atoms. The van der Waals surface area contributed by atoms with Crippen molar-refractivity contribution in [2.75, 3.05) is 0 Å². The van der Waals surface area contributed by atoms with Gasteiger partial charge >= 0.3 is 5.97 Å². The summed E-state index contributed by atoms with van der Waals surface area (Å²) in [4.78, 5) is 25.2. The van der Waals surface area contributed by atoms with E-state index in [-0.39, 0.29) is 45.1 Å². The SMILES string of the molecule is CC(=O)OC1CC2(C)C3CCC4(C)C(C)C(=O)CCC4C3(C)CCC2(C)C2CC(C)(C)CCC12C. The highest BCUT2D eigenvalue weighted by atomic mass is 16.5. The smallest absolute Gasteiger partial charge is 0.302 e. The van der Waals surface area contributed by atoms with E-state index in [1.165, 1.54) is 38.5 Å². The quantitative estimate of drug-likeness (QED) is 0.354. The molecule has 0 aromatic carbocycles. The molecule has 5 rings (SSSR count). The second kappa shape index (κ2) is 7.59. The van der Waals surface area contributed by atoms with Gasteiger partial charge in [0.25, 0.3) is 0 Å². The van der Waals surface area contributed by atoms with Crippen molar-refractivity contribution >= 4 is 11.8 Å². The predicted octanol–water partition coefficient (Wildman–Crippen LogP) is 8.00. The third kappa shape index (κ3) is 3.27. The molecule has 5 saturated carbocycles. The summed E-state index contributed by atoms with van der Waals surface area (Å²) in [6, 6.07) is 0. The lowest BCUT2D eigenvalue weighted by Crippen LogP contribution is -2.70. The molecule has 0 amide bonds. The zero-order chi connectivity index (χ0) is 25.8. The van der Waals surface area contributed by atoms with Gasteiger partial charge in [0.2, 0.25) is 0 Å². The van der Waals surface area contributed by atoms with Gasteiger partial charge in [0.1, 0.15) is 11.9 Å². The van der Waals surface area contributed by atoms with Crippen LogP contribution in [0.1, 0.15) is 127 Å². The van der Waals surface area contributed by atoms with Crippen LogP contribution in [0.2, 0.25) is 0 Å². The standard InChI is InChI=1S/C32H52O3/c1-20-22(34)10-11-23-28(20,5)13-12-24-29(23,6)16-17-31(8)25-18-27(3,4)14-15-30(25,7)26(35-21(2)33)19-32(24,31)9/h20,23-26H,10-19H2,1-9H3. The molecular formula is C32H52O3. The van der Waals surface area contributed by atoms with Crippen molar-refractivity contribution in [3.8, 4) is 0 Å². The van der Waals surface area contributed by atoms with Crippen molar-refractivity contribution in [1.82, 2.24) is 0 Å². The lowest BCUT2D eigenvalue weighted by Gasteiger charge is -2.75. The number of ketones is 1. The summed E-state index contributed by atoms with van der Waals surface area (Å²) >= 11 is 0. The van der Waals surface area contributed by atoms with Gasteiger partial charge in [0.05, 0.1) is 0 Å². The van der Waals surface area contributed by atoms with Crippen LogP contribution in [0.4, 0.5) is 0 Å². The Morgan fingerprint density at radius 3 is 2.06 bits per heavy atom. The van der Waals surface area contributed by atoms with Crippen LogP contribution in [0.5, 0.6) is 0 Å². The molecule has 5 aliphatic carbocycles. The molecule has 0 N–H and O–H groups in total. The van der Waals surface area contributed by atoms with Gasteiger partial charge < -0.3 is 4.74 Å². The molecule has 0 bridgehead atoms.